The molecular formula is C16H12F3N3O4. The lowest BCUT2D eigenvalue weighted by atomic mass is 10.1. The number of phenols is 1. The number of hydrogen-bond donors (Lipinski definition) is 2. The third-order valence-corrected chi connectivity index (χ3v) is 3.03. The molecular weight excluding hydrogens is 355 g/mol. The number of rotatable bonds is 2. The predicted octanol–water partition coefficient (Wildman–Crippen LogP) is 3.45. The summed E-state index contributed by atoms with van der Waals surface area (Å²) in [6.07, 6.45) is -1.75. The monoisotopic (exact) mass is 367 g/mol. The van der Waals surface area contributed by atoms with Crippen LogP contribution in [0.4, 0.5) is 13.2 Å². The van der Waals surface area contributed by atoms with Crippen LogP contribution in [-0.2, 0) is 4.79 Å². The third-order valence-electron chi connectivity index (χ3n) is 3.03. The van der Waals surface area contributed by atoms with Gasteiger partial charge in [0.25, 0.3) is 0 Å². The molecule has 0 saturated heterocycles. The predicted molar refractivity (Wildman–Crippen MR) is 83.1 cm³/mol. The van der Waals surface area contributed by atoms with Crippen molar-refractivity contribution in [1.29, 1.82) is 0 Å². The van der Waals surface area contributed by atoms with Crippen molar-refractivity contribution in [3.05, 3.63) is 48.3 Å². The van der Waals surface area contributed by atoms with E-state index in [2.05, 4.69) is 15.2 Å². The first kappa shape index (κ1) is 18.9. The highest BCUT2D eigenvalue weighted by Crippen LogP contribution is 2.27. The lowest BCUT2D eigenvalue weighted by Crippen LogP contribution is -2.21. The molecule has 3 aromatic rings. The van der Waals surface area contributed by atoms with Gasteiger partial charge >= 0.3 is 12.1 Å². The average molecular weight is 367 g/mol. The summed E-state index contributed by atoms with van der Waals surface area (Å²) >= 11 is 0. The van der Waals surface area contributed by atoms with Crippen LogP contribution in [0.5, 0.6) is 5.75 Å². The zero-order valence-corrected chi connectivity index (χ0v) is 13.2. The molecule has 0 amide bonds. The highest BCUT2D eigenvalue weighted by atomic mass is 19.4. The molecule has 0 unspecified atom stereocenters. The van der Waals surface area contributed by atoms with E-state index >= 15 is 0 Å². The minimum absolute atomic E-state index is 0.207. The second kappa shape index (κ2) is 7.64. The van der Waals surface area contributed by atoms with E-state index in [9.17, 15) is 18.3 Å². The third kappa shape index (κ3) is 4.79. The number of aromatic hydroxyl groups is 1. The first-order valence-electron chi connectivity index (χ1n) is 7.02. The van der Waals surface area contributed by atoms with E-state index in [0.29, 0.717) is 17.3 Å². The van der Waals surface area contributed by atoms with Crippen LogP contribution in [0.15, 0.2) is 47.1 Å². The lowest BCUT2D eigenvalue weighted by molar-refractivity contribution is -0.192. The van der Waals surface area contributed by atoms with Gasteiger partial charge in [0.15, 0.2) is 0 Å². The summed E-state index contributed by atoms with van der Waals surface area (Å²) in [4.78, 5) is 12.9. The molecule has 3 rings (SSSR count). The van der Waals surface area contributed by atoms with Crippen molar-refractivity contribution in [2.24, 2.45) is 0 Å². The molecule has 0 aliphatic carbocycles. The quantitative estimate of drug-likeness (QED) is 0.714. The number of benzene rings is 1. The van der Waals surface area contributed by atoms with Gasteiger partial charge in [0.1, 0.15) is 5.75 Å². The Morgan fingerprint density at radius 1 is 1.12 bits per heavy atom. The van der Waals surface area contributed by atoms with Crippen LogP contribution in [0.25, 0.3) is 22.9 Å². The number of carboxylic acid groups (broad SMARTS) is 1. The molecule has 0 atom stereocenters. The van der Waals surface area contributed by atoms with Crippen LogP contribution in [0.2, 0.25) is 0 Å². The van der Waals surface area contributed by atoms with Gasteiger partial charge in [-0.2, -0.15) is 13.2 Å². The van der Waals surface area contributed by atoms with Gasteiger partial charge in [-0.25, -0.2) is 4.79 Å². The van der Waals surface area contributed by atoms with Crippen LogP contribution < -0.4 is 0 Å². The fraction of sp³-hybridized carbons (Fsp3) is 0.125. The zero-order chi connectivity index (χ0) is 19.3. The maximum Gasteiger partial charge on any atom is 0.490 e. The molecule has 7 nitrogen and oxygen atoms in total. The fourth-order valence-corrected chi connectivity index (χ4v) is 1.69. The fourth-order valence-electron chi connectivity index (χ4n) is 1.69. The molecule has 0 radical (unpaired) electrons. The number of aromatic nitrogens is 3. The highest BCUT2D eigenvalue weighted by molar-refractivity contribution is 5.73. The Bertz CT molecular complexity index is 895. The Morgan fingerprint density at radius 3 is 2.23 bits per heavy atom. The van der Waals surface area contributed by atoms with Crippen LogP contribution in [0.3, 0.4) is 0 Å². The number of nitrogens with zero attached hydrogens (tertiary/aromatic N) is 3. The topological polar surface area (TPSA) is 109 Å². The van der Waals surface area contributed by atoms with Crippen molar-refractivity contribution < 1.29 is 32.6 Å². The molecule has 0 aliphatic heterocycles. The number of pyridine rings is 1. The number of phenolic OH excluding ortho intramolecular Hbond substituents is 1. The number of aliphatic carboxylic acids is 1. The molecule has 0 fully saturated rings. The van der Waals surface area contributed by atoms with Crippen molar-refractivity contribution in [1.82, 2.24) is 15.2 Å². The van der Waals surface area contributed by atoms with Gasteiger partial charge in [-0.3, -0.25) is 4.98 Å². The van der Waals surface area contributed by atoms with Crippen LogP contribution in [0, 0.1) is 6.92 Å². The maximum absolute atomic E-state index is 10.6. The first-order valence-corrected chi connectivity index (χ1v) is 7.02. The molecule has 2 aromatic heterocycles. The molecule has 0 saturated carbocycles. The SMILES string of the molecule is Cc1ccc(-c2nnc(-c3cccnc3)o2)cc1O.O=C(O)C(F)(F)F. The van der Waals surface area contributed by atoms with Crippen molar-refractivity contribution in [2.75, 3.05) is 0 Å². The summed E-state index contributed by atoms with van der Waals surface area (Å²) in [5.74, 6) is -1.77. The van der Waals surface area contributed by atoms with Crippen molar-refractivity contribution in [3.63, 3.8) is 0 Å². The van der Waals surface area contributed by atoms with Crippen LogP contribution >= 0.6 is 0 Å². The number of alkyl halides is 3. The number of halogens is 3. The van der Waals surface area contributed by atoms with Gasteiger partial charge in [-0.05, 0) is 36.8 Å². The van der Waals surface area contributed by atoms with E-state index in [-0.39, 0.29) is 5.75 Å². The van der Waals surface area contributed by atoms with Crippen molar-refractivity contribution >= 4 is 5.97 Å². The number of hydrogen-bond acceptors (Lipinski definition) is 6. The van der Waals surface area contributed by atoms with E-state index < -0.39 is 12.1 Å². The van der Waals surface area contributed by atoms with E-state index in [1.807, 2.05) is 19.1 Å². The van der Waals surface area contributed by atoms with E-state index in [4.69, 9.17) is 14.3 Å². The molecule has 26 heavy (non-hydrogen) atoms. The molecule has 2 heterocycles. The summed E-state index contributed by atoms with van der Waals surface area (Å²) in [6, 6.07) is 8.89. The Morgan fingerprint density at radius 2 is 1.73 bits per heavy atom. The first-order chi connectivity index (χ1) is 12.2. The van der Waals surface area contributed by atoms with E-state index in [1.165, 1.54) is 0 Å². The van der Waals surface area contributed by atoms with Crippen molar-refractivity contribution in [2.45, 2.75) is 13.1 Å². The summed E-state index contributed by atoms with van der Waals surface area (Å²) in [5.41, 5.74) is 2.25. The van der Waals surface area contributed by atoms with Gasteiger partial charge in [0.2, 0.25) is 11.8 Å². The van der Waals surface area contributed by atoms with Crippen molar-refractivity contribution in [3.8, 4) is 28.7 Å². The number of aryl methyl sites for hydroxylation is 1. The van der Waals surface area contributed by atoms with Gasteiger partial charge in [0, 0.05) is 18.0 Å². The van der Waals surface area contributed by atoms with Gasteiger partial charge in [-0.15, -0.1) is 10.2 Å². The molecule has 10 heteroatoms. The number of carbonyl (C=O) groups is 1. The summed E-state index contributed by atoms with van der Waals surface area (Å²) in [7, 11) is 0. The number of carboxylic acids is 1. The highest BCUT2D eigenvalue weighted by Gasteiger charge is 2.38. The second-order valence-corrected chi connectivity index (χ2v) is 4.96. The largest absolute Gasteiger partial charge is 0.508 e. The van der Waals surface area contributed by atoms with E-state index in [1.54, 1.807) is 30.6 Å². The van der Waals surface area contributed by atoms with Crippen LogP contribution in [-0.4, -0.2) is 37.5 Å². The van der Waals surface area contributed by atoms with Gasteiger partial charge in [0.05, 0.1) is 5.56 Å². The summed E-state index contributed by atoms with van der Waals surface area (Å²) in [6.45, 7) is 1.83. The Labute approximate surface area is 144 Å². The Hall–Kier alpha value is -3.43. The normalized spacial score (nSPS) is 10.8. The molecule has 136 valence electrons. The summed E-state index contributed by atoms with van der Waals surface area (Å²) in [5, 5.41) is 24.8. The molecule has 1 aromatic carbocycles. The molecule has 0 aliphatic rings. The minimum Gasteiger partial charge on any atom is -0.508 e. The Kier molecular flexibility index (Phi) is 5.55. The van der Waals surface area contributed by atoms with Gasteiger partial charge < -0.3 is 14.6 Å². The van der Waals surface area contributed by atoms with E-state index in [0.717, 1.165) is 11.1 Å². The van der Waals surface area contributed by atoms with Gasteiger partial charge in [-0.1, -0.05) is 6.07 Å². The smallest absolute Gasteiger partial charge is 0.490 e. The standard InChI is InChI=1S/C14H11N3O2.C2HF3O2/c1-9-4-5-10(7-12(9)18)13-16-17-14(19-13)11-3-2-6-15-8-11;3-2(4,5)1(6)7/h2-8,18H,1H3;(H,6,7). The minimum atomic E-state index is -5.08. The lowest BCUT2D eigenvalue weighted by Gasteiger charge is -1.99. The maximum atomic E-state index is 10.6. The molecule has 0 spiro atoms. The average Bonchev–Trinajstić information content (AvgIpc) is 3.08. The Balaban J connectivity index is 0.000000298. The summed E-state index contributed by atoms with van der Waals surface area (Å²) < 4.78 is 37.3. The van der Waals surface area contributed by atoms with Crippen LogP contribution in [0.1, 0.15) is 5.56 Å². The second-order valence-electron chi connectivity index (χ2n) is 4.96. The molecule has 0 bridgehead atoms. The molecule has 2 N–H and O–H groups in total. The zero-order valence-electron chi connectivity index (χ0n) is 13.2.